The first-order chi connectivity index (χ1) is 21.6. The molecule has 3 nitrogen and oxygen atoms in total. The van der Waals surface area contributed by atoms with E-state index in [1.54, 1.807) is 12.4 Å². The first-order valence-electron chi connectivity index (χ1n) is 15.5. The summed E-state index contributed by atoms with van der Waals surface area (Å²) < 4.78 is 6.70. The summed E-state index contributed by atoms with van der Waals surface area (Å²) in [4.78, 5) is 0. The van der Waals surface area contributed by atoms with E-state index in [0.29, 0.717) is 11.8 Å². The third-order valence-electron chi connectivity index (χ3n) is 8.90. The molecule has 5 aromatic rings. The molecule has 2 unspecified atom stereocenters. The molecule has 4 N–H and O–H groups in total. The van der Waals surface area contributed by atoms with Gasteiger partial charge in [-0.25, -0.2) is 0 Å². The van der Waals surface area contributed by atoms with Crippen molar-refractivity contribution >= 4 is 27.5 Å². The third kappa shape index (κ3) is 6.05. The van der Waals surface area contributed by atoms with E-state index in [0.717, 1.165) is 41.6 Å². The van der Waals surface area contributed by atoms with Gasteiger partial charge in [0.25, 0.3) is 0 Å². The van der Waals surface area contributed by atoms with Crippen LogP contribution in [-0.2, 0) is 6.42 Å². The second kappa shape index (κ2) is 13.1. The van der Waals surface area contributed by atoms with Crippen LogP contribution in [0.5, 0.6) is 0 Å². The van der Waals surface area contributed by atoms with Crippen LogP contribution in [0.3, 0.4) is 0 Å². The van der Waals surface area contributed by atoms with Crippen molar-refractivity contribution < 1.29 is 4.42 Å². The Morgan fingerprint density at radius 3 is 2.32 bits per heavy atom. The summed E-state index contributed by atoms with van der Waals surface area (Å²) in [6.45, 7) is 4.30. The first kappa shape index (κ1) is 29.1. The molecule has 1 aliphatic rings. The lowest BCUT2D eigenvalue weighted by Gasteiger charge is -2.24. The van der Waals surface area contributed by atoms with Gasteiger partial charge in [0.05, 0.1) is 0 Å². The number of fused-ring (bicyclic) bond motifs is 3. The Balaban J connectivity index is 1.48. The molecule has 1 heterocycles. The topological polar surface area (TPSA) is 65.2 Å². The quantitative estimate of drug-likeness (QED) is 0.143. The SMILES string of the molecule is C/C(=C\C=C/N)c1ccc(-c2cc(C3C=CC(/C(C)=C/C=C\N)CC3)cc3c2oc2cccc(Cc4ccccc4)c23)cc1. The maximum Gasteiger partial charge on any atom is 0.143 e. The fourth-order valence-corrected chi connectivity index (χ4v) is 6.43. The average molecular weight is 577 g/mol. The largest absolute Gasteiger partial charge is 0.455 e. The molecule has 0 spiro atoms. The molecule has 0 saturated heterocycles. The van der Waals surface area contributed by atoms with Crippen LogP contribution in [0.1, 0.15) is 54.9 Å². The summed E-state index contributed by atoms with van der Waals surface area (Å²) in [7, 11) is 0. The van der Waals surface area contributed by atoms with Gasteiger partial charge in [-0.15, -0.1) is 0 Å². The molecule has 0 aliphatic heterocycles. The van der Waals surface area contributed by atoms with E-state index in [2.05, 4.69) is 117 Å². The van der Waals surface area contributed by atoms with Gasteiger partial charge in [-0.1, -0.05) is 96.6 Å². The highest BCUT2D eigenvalue weighted by atomic mass is 16.3. The van der Waals surface area contributed by atoms with Gasteiger partial charge in [0.2, 0.25) is 0 Å². The highest BCUT2D eigenvalue weighted by Crippen LogP contribution is 2.42. The molecule has 4 aromatic carbocycles. The number of furan rings is 1. The molecule has 2 atom stereocenters. The minimum absolute atomic E-state index is 0.339. The molecule has 6 rings (SSSR count). The van der Waals surface area contributed by atoms with Crippen molar-refractivity contribution in [1.82, 2.24) is 0 Å². The number of allylic oxidation sites excluding steroid dienone is 8. The zero-order valence-corrected chi connectivity index (χ0v) is 25.5. The Morgan fingerprint density at radius 2 is 1.59 bits per heavy atom. The lowest BCUT2D eigenvalue weighted by Crippen LogP contribution is -2.09. The lowest BCUT2D eigenvalue weighted by atomic mass is 9.80. The molecule has 1 aromatic heterocycles. The van der Waals surface area contributed by atoms with Crippen molar-refractivity contribution in [3.63, 3.8) is 0 Å². The minimum atomic E-state index is 0.339. The summed E-state index contributed by atoms with van der Waals surface area (Å²) >= 11 is 0. The van der Waals surface area contributed by atoms with E-state index in [1.807, 2.05) is 18.2 Å². The molecule has 3 heteroatoms. The monoisotopic (exact) mass is 576 g/mol. The van der Waals surface area contributed by atoms with E-state index in [9.17, 15) is 0 Å². The van der Waals surface area contributed by atoms with Gasteiger partial charge in [-0.05, 0) is 115 Å². The van der Waals surface area contributed by atoms with Gasteiger partial charge < -0.3 is 15.9 Å². The Hall–Kier alpha value is -5.02. The molecule has 220 valence electrons. The molecular formula is C41H40N2O. The van der Waals surface area contributed by atoms with Crippen molar-refractivity contribution in [3.8, 4) is 11.1 Å². The fraction of sp³-hybridized carbons (Fsp3) is 0.171. The van der Waals surface area contributed by atoms with Crippen LogP contribution in [0.15, 0.2) is 144 Å². The van der Waals surface area contributed by atoms with Gasteiger partial charge >= 0.3 is 0 Å². The van der Waals surface area contributed by atoms with Crippen LogP contribution in [0.25, 0.3) is 38.6 Å². The van der Waals surface area contributed by atoms with Crippen LogP contribution in [0.4, 0.5) is 0 Å². The van der Waals surface area contributed by atoms with Gasteiger partial charge in [-0.2, -0.15) is 0 Å². The predicted molar refractivity (Wildman–Crippen MR) is 187 cm³/mol. The van der Waals surface area contributed by atoms with Gasteiger partial charge in [0, 0.05) is 22.3 Å². The Labute approximate surface area is 260 Å². The van der Waals surface area contributed by atoms with Crippen molar-refractivity contribution in [3.05, 3.63) is 162 Å². The molecule has 0 bridgehead atoms. The molecule has 0 radical (unpaired) electrons. The number of hydrogen-bond donors (Lipinski definition) is 2. The van der Waals surface area contributed by atoms with Gasteiger partial charge in [-0.3, -0.25) is 0 Å². The van der Waals surface area contributed by atoms with Crippen LogP contribution in [0.2, 0.25) is 0 Å². The van der Waals surface area contributed by atoms with E-state index in [4.69, 9.17) is 15.9 Å². The number of benzene rings is 4. The summed E-state index contributed by atoms with van der Waals surface area (Å²) in [6, 6.07) is 30.7. The van der Waals surface area contributed by atoms with Crippen molar-refractivity contribution in [2.75, 3.05) is 0 Å². The Bertz CT molecular complexity index is 1920. The maximum absolute atomic E-state index is 6.70. The normalized spacial score (nSPS) is 17.9. The second-order valence-corrected chi connectivity index (χ2v) is 11.8. The number of nitrogens with two attached hydrogens (primary N) is 2. The van der Waals surface area contributed by atoms with Crippen molar-refractivity contribution in [2.24, 2.45) is 17.4 Å². The second-order valence-electron chi connectivity index (χ2n) is 11.8. The number of hydrogen-bond acceptors (Lipinski definition) is 3. The van der Waals surface area contributed by atoms with Gasteiger partial charge in [0.15, 0.2) is 0 Å². The van der Waals surface area contributed by atoms with Crippen LogP contribution in [-0.4, -0.2) is 0 Å². The standard InChI is InChI=1S/C41H40N2O/c1-28(9-7-23-42)31-15-19-33(20-16-31)36-26-37(34-21-17-32(18-22-34)29(2)10-8-24-43)41-38(27-36)40-35(13-6-14-39(40)44-41)25-30-11-4-3-5-12-30/h3-15,17-19,21-24,26-27,31,33H,16,20,25,42-43H2,1-2H3/b23-7-,24-8-,28-9+,29-10+. The Morgan fingerprint density at radius 1 is 0.818 bits per heavy atom. The smallest absolute Gasteiger partial charge is 0.143 e. The molecule has 0 fully saturated rings. The van der Waals surface area contributed by atoms with Crippen molar-refractivity contribution in [1.29, 1.82) is 0 Å². The highest BCUT2D eigenvalue weighted by Gasteiger charge is 2.22. The van der Waals surface area contributed by atoms with Gasteiger partial charge in [0.1, 0.15) is 11.2 Å². The van der Waals surface area contributed by atoms with Crippen LogP contribution in [0, 0.1) is 5.92 Å². The van der Waals surface area contributed by atoms with Crippen molar-refractivity contribution in [2.45, 2.75) is 39.0 Å². The van der Waals surface area contributed by atoms with Crippen LogP contribution < -0.4 is 11.5 Å². The van der Waals surface area contributed by atoms with E-state index in [1.165, 1.54) is 44.2 Å². The predicted octanol–water partition coefficient (Wildman–Crippen LogP) is 10.2. The number of rotatable bonds is 8. The minimum Gasteiger partial charge on any atom is -0.455 e. The Kier molecular flexibility index (Phi) is 8.65. The molecular weight excluding hydrogens is 536 g/mol. The zero-order chi connectivity index (χ0) is 30.5. The summed E-state index contributed by atoms with van der Waals surface area (Å²) in [5.41, 5.74) is 22.9. The maximum atomic E-state index is 6.70. The third-order valence-corrected chi connectivity index (χ3v) is 8.90. The highest BCUT2D eigenvalue weighted by molar-refractivity contribution is 6.11. The fourth-order valence-electron chi connectivity index (χ4n) is 6.43. The summed E-state index contributed by atoms with van der Waals surface area (Å²) in [5, 5.41) is 2.40. The average Bonchev–Trinajstić information content (AvgIpc) is 3.46. The zero-order valence-electron chi connectivity index (χ0n) is 25.5. The van der Waals surface area contributed by atoms with E-state index in [-0.39, 0.29) is 0 Å². The molecule has 0 amide bonds. The lowest BCUT2D eigenvalue weighted by molar-refractivity contribution is 0.563. The molecule has 44 heavy (non-hydrogen) atoms. The van der Waals surface area contributed by atoms with Crippen LogP contribution >= 0.6 is 0 Å². The summed E-state index contributed by atoms with van der Waals surface area (Å²) in [5.74, 6) is 0.779. The molecule has 0 saturated carbocycles. The molecule has 1 aliphatic carbocycles. The first-order valence-corrected chi connectivity index (χ1v) is 15.5. The van der Waals surface area contributed by atoms with E-state index < -0.39 is 0 Å². The van der Waals surface area contributed by atoms with E-state index >= 15 is 0 Å². The summed E-state index contributed by atoms with van der Waals surface area (Å²) in [6.07, 6.45) is 18.9.